The zero-order valence-corrected chi connectivity index (χ0v) is 26.8. The molecule has 4 aromatic rings. The van der Waals surface area contributed by atoms with E-state index in [1.165, 1.54) is 28.0 Å². The van der Waals surface area contributed by atoms with E-state index in [2.05, 4.69) is 0 Å². The van der Waals surface area contributed by atoms with E-state index < -0.39 is 18.1 Å². The monoisotopic (exact) mass is 662 g/mol. The predicted octanol–water partition coefficient (Wildman–Crippen LogP) is 4.51. The molecule has 1 saturated heterocycles. The van der Waals surface area contributed by atoms with Gasteiger partial charge in [0, 0.05) is 66.4 Å². The number of amides is 1. The molecule has 0 bridgehead atoms. The molecule has 2 aromatic carbocycles. The molecule has 0 aliphatic carbocycles. The molecule has 0 saturated carbocycles. The van der Waals surface area contributed by atoms with Gasteiger partial charge in [-0.25, -0.2) is 14.3 Å². The molecule has 1 fully saturated rings. The molecule has 0 spiro atoms. The number of pyridine rings is 1. The van der Waals surface area contributed by atoms with Gasteiger partial charge in [-0.15, -0.1) is 23.1 Å². The van der Waals surface area contributed by atoms with Gasteiger partial charge < -0.3 is 10.5 Å². The molecular formula is C29H25N4O3S3Y+. The molecular weight excluding hydrogens is 637 g/mol. The first-order valence-electron chi connectivity index (χ1n) is 12.3. The van der Waals surface area contributed by atoms with Crippen LogP contribution in [0.1, 0.15) is 17.2 Å². The number of aryl methyl sites for hydroxylation is 1. The van der Waals surface area contributed by atoms with Crippen molar-refractivity contribution in [2.75, 3.05) is 5.75 Å². The van der Waals surface area contributed by atoms with E-state index in [1.54, 1.807) is 11.8 Å². The second-order valence-corrected chi connectivity index (χ2v) is 12.5. The van der Waals surface area contributed by atoms with Crippen molar-refractivity contribution in [1.82, 2.24) is 9.88 Å². The Morgan fingerprint density at radius 2 is 1.70 bits per heavy atom. The summed E-state index contributed by atoms with van der Waals surface area (Å²) in [5.74, 6) is -0.285. The molecule has 2 aromatic heterocycles. The summed E-state index contributed by atoms with van der Waals surface area (Å²) >= 11 is 4.47. The molecule has 0 unspecified atom stereocenters. The predicted molar refractivity (Wildman–Crippen MR) is 153 cm³/mol. The summed E-state index contributed by atoms with van der Waals surface area (Å²) in [7, 11) is 1.97. The number of carbonyl (C=O) groups excluding carboxylic acids is 2. The van der Waals surface area contributed by atoms with Gasteiger partial charge >= 0.3 is 5.97 Å². The number of esters is 1. The number of ether oxygens (including phenoxy) is 1. The minimum atomic E-state index is -0.630. The standard InChI is InChI=1S/C29H25N4O3S3.Y/c1-32-14-12-18(13-15-32)21-16-38-29(31-21)39-22-17-37-27-23(30)26(34)33(27)24(22)28(35)36-25(19-8-4-2-5-9-19)20-10-6-3-7-11-20;/h2-16,23,25,27H,17,30H2,1H3;/q+1;/t23-,27-;/m1./s1. The quantitative estimate of drug-likeness (QED) is 0.177. The summed E-state index contributed by atoms with van der Waals surface area (Å²) in [6.07, 6.45) is 3.33. The fourth-order valence-corrected chi connectivity index (χ4v) is 7.92. The number of rotatable bonds is 7. The second-order valence-electron chi connectivity index (χ2n) is 9.17. The molecule has 1 radical (unpaired) electrons. The Bertz CT molecular complexity index is 1510. The maximum Gasteiger partial charge on any atom is 0.356 e. The van der Waals surface area contributed by atoms with Crippen molar-refractivity contribution < 1.29 is 51.6 Å². The van der Waals surface area contributed by atoms with Gasteiger partial charge in [0.2, 0.25) is 5.91 Å². The minimum Gasteiger partial charge on any atom is -0.448 e. The normalized spacial score (nSPS) is 18.2. The molecule has 2 aliphatic heterocycles. The maximum atomic E-state index is 13.9. The van der Waals surface area contributed by atoms with Crippen LogP contribution in [0.5, 0.6) is 0 Å². The fraction of sp³-hybridized carbons (Fsp3) is 0.172. The summed E-state index contributed by atoms with van der Waals surface area (Å²) in [5, 5.41) is 1.72. The number of hydrogen-bond acceptors (Lipinski definition) is 8. The largest absolute Gasteiger partial charge is 0.448 e. The maximum absolute atomic E-state index is 13.9. The van der Waals surface area contributed by atoms with Crippen LogP contribution in [-0.2, 0) is 54.1 Å². The Morgan fingerprint density at radius 3 is 2.33 bits per heavy atom. The number of benzene rings is 2. The third-order valence-electron chi connectivity index (χ3n) is 6.57. The molecule has 7 nitrogen and oxygen atoms in total. The Morgan fingerprint density at radius 1 is 1.07 bits per heavy atom. The van der Waals surface area contributed by atoms with Gasteiger partial charge in [-0.2, -0.15) is 0 Å². The Labute approximate surface area is 270 Å². The average Bonchev–Trinajstić information content (AvgIpc) is 3.44. The first-order chi connectivity index (χ1) is 19.0. The minimum absolute atomic E-state index is 0. The topological polar surface area (TPSA) is 89.4 Å². The van der Waals surface area contributed by atoms with E-state index in [1.807, 2.05) is 102 Å². The summed E-state index contributed by atoms with van der Waals surface area (Å²) in [6.45, 7) is 0. The smallest absolute Gasteiger partial charge is 0.356 e. The fourth-order valence-electron chi connectivity index (χ4n) is 4.52. The van der Waals surface area contributed by atoms with Crippen molar-refractivity contribution in [3.8, 4) is 11.3 Å². The van der Waals surface area contributed by atoms with Crippen molar-refractivity contribution in [1.29, 1.82) is 0 Å². The van der Waals surface area contributed by atoms with Crippen LogP contribution < -0.4 is 10.3 Å². The third-order valence-corrected chi connectivity index (χ3v) is 10.1. The number of fused-ring (bicyclic) bond motifs is 1. The van der Waals surface area contributed by atoms with E-state index in [-0.39, 0.29) is 49.7 Å². The van der Waals surface area contributed by atoms with Gasteiger partial charge in [-0.3, -0.25) is 9.69 Å². The Balaban J connectivity index is 0.00000323. The van der Waals surface area contributed by atoms with Crippen LogP contribution in [-0.4, -0.2) is 38.9 Å². The Kier molecular flexibility index (Phi) is 9.24. The van der Waals surface area contributed by atoms with Crippen LogP contribution in [0.3, 0.4) is 0 Å². The number of aromatic nitrogens is 2. The number of thiazole rings is 1. The van der Waals surface area contributed by atoms with Crippen LogP contribution in [0, 0.1) is 0 Å². The zero-order valence-electron chi connectivity index (χ0n) is 21.5. The van der Waals surface area contributed by atoms with E-state index in [4.69, 9.17) is 15.5 Å². The van der Waals surface area contributed by atoms with Gasteiger partial charge in [0.1, 0.15) is 24.2 Å². The SMILES string of the molecule is C[n+]1ccc(-c2csc(SC3=C(C(=O)OC(c4ccccc4)c4ccccc4)N4C(=O)[C@@H](N)[C@H]4SC3)n2)cc1.[Y]. The number of nitrogens with two attached hydrogens (primary N) is 1. The molecule has 6 rings (SSSR count). The summed E-state index contributed by atoms with van der Waals surface area (Å²) in [4.78, 5) is 33.8. The van der Waals surface area contributed by atoms with E-state index in [9.17, 15) is 9.59 Å². The van der Waals surface area contributed by atoms with Crippen LogP contribution >= 0.6 is 34.9 Å². The van der Waals surface area contributed by atoms with E-state index >= 15 is 0 Å². The summed E-state index contributed by atoms with van der Waals surface area (Å²) < 4.78 is 8.94. The molecule has 2 N–H and O–H groups in total. The van der Waals surface area contributed by atoms with Crippen molar-refractivity contribution in [2.24, 2.45) is 12.8 Å². The number of carbonyl (C=O) groups is 2. The molecule has 2 atom stereocenters. The average molecular weight is 663 g/mol. The number of β-lactam (4-membered cyclic amide) rings is 1. The number of thioether (sulfide) groups is 2. The first-order valence-corrected chi connectivity index (χ1v) is 15.1. The van der Waals surface area contributed by atoms with Crippen LogP contribution in [0.2, 0.25) is 0 Å². The van der Waals surface area contributed by atoms with Gasteiger partial charge in [0.15, 0.2) is 22.8 Å². The van der Waals surface area contributed by atoms with Crippen LogP contribution in [0.15, 0.2) is 106 Å². The third kappa shape index (κ3) is 5.84. The summed E-state index contributed by atoms with van der Waals surface area (Å²) in [5.41, 5.74) is 9.93. The number of nitrogens with zero attached hydrogens (tertiary/aromatic N) is 3. The van der Waals surface area contributed by atoms with Crippen molar-refractivity contribution in [3.63, 3.8) is 0 Å². The van der Waals surface area contributed by atoms with E-state index in [0.717, 1.165) is 31.6 Å². The zero-order chi connectivity index (χ0) is 26.9. The van der Waals surface area contributed by atoms with Gasteiger partial charge in [0.05, 0.1) is 5.69 Å². The van der Waals surface area contributed by atoms with Gasteiger partial charge in [-0.1, -0.05) is 72.4 Å². The summed E-state index contributed by atoms with van der Waals surface area (Å²) in [6, 6.07) is 22.6. The first kappa shape index (κ1) is 29.2. The van der Waals surface area contributed by atoms with E-state index in [0.29, 0.717) is 5.75 Å². The van der Waals surface area contributed by atoms with Crippen LogP contribution in [0.4, 0.5) is 0 Å². The van der Waals surface area contributed by atoms with Crippen molar-refractivity contribution >= 4 is 46.7 Å². The van der Waals surface area contributed by atoms with Crippen molar-refractivity contribution in [2.45, 2.75) is 21.9 Å². The number of hydrogen-bond donors (Lipinski definition) is 1. The molecule has 1 amide bonds. The molecule has 11 heteroatoms. The van der Waals surface area contributed by atoms with Crippen LogP contribution in [0.25, 0.3) is 11.3 Å². The molecule has 40 heavy (non-hydrogen) atoms. The molecule has 2 aliphatic rings. The van der Waals surface area contributed by atoms with Crippen molar-refractivity contribution in [3.05, 3.63) is 112 Å². The Hall–Kier alpha value is -2.34. The second kappa shape index (κ2) is 12.7. The molecule has 199 valence electrons. The van der Waals surface area contributed by atoms with Gasteiger partial charge in [-0.05, 0) is 11.1 Å². The van der Waals surface area contributed by atoms with Gasteiger partial charge in [0.25, 0.3) is 0 Å². The molecule has 4 heterocycles.